The maximum absolute atomic E-state index is 12.5. The van der Waals surface area contributed by atoms with Gasteiger partial charge in [0.05, 0.1) is 6.10 Å². The summed E-state index contributed by atoms with van der Waals surface area (Å²) in [7, 11) is 0. The highest BCUT2D eigenvalue weighted by Gasteiger charge is 2.40. The van der Waals surface area contributed by atoms with E-state index < -0.39 is 18.1 Å². The summed E-state index contributed by atoms with van der Waals surface area (Å²) in [5, 5.41) is 18.8. The fourth-order valence-corrected chi connectivity index (χ4v) is 2.56. The van der Waals surface area contributed by atoms with Crippen molar-refractivity contribution in [2.45, 2.75) is 32.0 Å². The zero-order valence-corrected chi connectivity index (χ0v) is 12.0. The first kappa shape index (κ1) is 15.3. The first-order valence-electron chi connectivity index (χ1n) is 7.03. The van der Waals surface area contributed by atoms with Crippen molar-refractivity contribution in [3.63, 3.8) is 0 Å². The summed E-state index contributed by atoms with van der Waals surface area (Å²) in [6.45, 7) is 2.83. The molecule has 0 saturated carbocycles. The minimum atomic E-state index is -1.07. The standard InChI is InChI=1S/C15H20N2O4/c1-2-16(9-11-6-4-3-5-7-11)15(21)17-10-12(18)8-13(17)14(19)20/h3-7,12-13,18H,2,8-10H2,1H3,(H,19,20)/t12-,13-/m0/s1. The number of carboxylic acids is 1. The summed E-state index contributed by atoms with van der Waals surface area (Å²) in [6.07, 6.45) is -0.685. The molecule has 0 spiro atoms. The maximum Gasteiger partial charge on any atom is 0.326 e. The van der Waals surface area contributed by atoms with Gasteiger partial charge in [-0.05, 0) is 12.5 Å². The van der Waals surface area contributed by atoms with Gasteiger partial charge in [0.15, 0.2) is 0 Å². The van der Waals surface area contributed by atoms with Gasteiger partial charge in [0, 0.05) is 26.1 Å². The average Bonchev–Trinajstić information content (AvgIpc) is 2.87. The molecule has 6 heteroatoms. The van der Waals surface area contributed by atoms with Gasteiger partial charge in [0.2, 0.25) is 0 Å². The summed E-state index contributed by atoms with van der Waals surface area (Å²) in [6, 6.07) is 8.24. The molecule has 1 aromatic rings. The molecule has 0 radical (unpaired) electrons. The normalized spacial score (nSPS) is 21.3. The van der Waals surface area contributed by atoms with E-state index >= 15 is 0 Å². The Balaban J connectivity index is 2.10. The topological polar surface area (TPSA) is 81.1 Å². The van der Waals surface area contributed by atoms with Crippen LogP contribution in [0.15, 0.2) is 30.3 Å². The molecule has 1 aliphatic rings. The van der Waals surface area contributed by atoms with E-state index in [9.17, 15) is 19.8 Å². The summed E-state index contributed by atoms with van der Waals surface area (Å²) in [5.74, 6) is -1.07. The Bertz CT molecular complexity index is 506. The number of aliphatic hydroxyl groups excluding tert-OH is 1. The minimum Gasteiger partial charge on any atom is -0.480 e. The van der Waals surface area contributed by atoms with Crippen LogP contribution in [-0.4, -0.2) is 57.2 Å². The quantitative estimate of drug-likeness (QED) is 0.872. The second-order valence-electron chi connectivity index (χ2n) is 5.18. The fraction of sp³-hybridized carbons (Fsp3) is 0.467. The molecule has 21 heavy (non-hydrogen) atoms. The lowest BCUT2D eigenvalue weighted by molar-refractivity contribution is -0.141. The number of rotatable bonds is 4. The van der Waals surface area contributed by atoms with E-state index in [1.54, 1.807) is 4.90 Å². The maximum atomic E-state index is 12.5. The number of likely N-dealkylation sites (tertiary alicyclic amines) is 1. The Morgan fingerprint density at radius 3 is 2.57 bits per heavy atom. The van der Waals surface area contributed by atoms with Gasteiger partial charge >= 0.3 is 12.0 Å². The van der Waals surface area contributed by atoms with Gasteiger partial charge in [-0.3, -0.25) is 0 Å². The van der Waals surface area contributed by atoms with Crippen LogP contribution >= 0.6 is 0 Å². The van der Waals surface area contributed by atoms with Crippen molar-refractivity contribution in [3.05, 3.63) is 35.9 Å². The second-order valence-corrected chi connectivity index (χ2v) is 5.18. The zero-order chi connectivity index (χ0) is 15.4. The number of benzene rings is 1. The first-order valence-corrected chi connectivity index (χ1v) is 7.03. The largest absolute Gasteiger partial charge is 0.480 e. The smallest absolute Gasteiger partial charge is 0.326 e. The Morgan fingerprint density at radius 2 is 2.00 bits per heavy atom. The molecule has 1 fully saturated rings. The van der Waals surface area contributed by atoms with Crippen LogP contribution in [0.1, 0.15) is 18.9 Å². The van der Waals surface area contributed by atoms with E-state index in [1.807, 2.05) is 37.3 Å². The predicted octanol–water partition coefficient (Wildman–Crippen LogP) is 1.15. The Labute approximate surface area is 123 Å². The van der Waals surface area contributed by atoms with Crippen LogP contribution < -0.4 is 0 Å². The van der Waals surface area contributed by atoms with Crippen molar-refractivity contribution in [2.75, 3.05) is 13.1 Å². The number of amides is 2. The number of carboxylic acid groups (broad SMARTS) is 1. The lowest BCUT2D eigenvalue weighted by Gasteiger charge is -2.29. The number of aliphatic hydroxyl groups is 1. The van der Waals surface area contributed by atoms with Gasteiger partial charge in [-0.1, -0.05) is 30.3 Å². The molecule has 0 bridgehead atoms. The van der Waals surface area contributed by atoms with Crippen molar-refractivity contribution in [2.24, 2.45) is 0 Å². The number of aliphatic carboxylic acids is 1. The van der Waals surface area contributed by atoms with Crippen molar-refractivity contribution in [3.8, 4) is 0 Å². The first-order chi connectivity index (χ1) is 10.0. The molecule has 6 nitrogen and oxygen atoms in total. The molecule has 2 amide bonds. The molecule has 0 aliphatic carbocycles. The highest BCUT2D eigenvalue weighted by Crippen LogP contribution is 2.20. The number of urea groups is 1. The minimum absolute atomic E-state index is 0.0705. The van der Waals surface area contributed by atoms with Crippen LogP contribution in [0, 0.1) is 0 Å². The van der Waals surface area contributed by atoms with E-state index in [0.29, 0.717) is 13.1 Å². The highest BCUT2D eigenvalue weighted by molar-refractivity contribution is 5.83. The lowest BCUT2D eigenvalue weighted by Crippen LogP contribution is -2.47. The van der Waals surface area contributed by atoms with Gasteiger partial charge in [0.1, 0.15) is 6.04 Å². The van der Waals surface area contributed by atoms with E-state index in [2.05, 4.69) is 0 Å². The summed E-state index contributed by atoms with van der Waals surface area (Å²) < 4.78 is 0. The second kappa shape index (κ2) is 6.58. The third kappa shape index (κ3) is 3.52. The molecule has 2 N–H and O–H groups in total. The number of hydrogen-bond acceptors (Lipinski definition) is 3. The Kier molecular flexibility index (Phi) is 4.80. The third-order valence-electron chi connectivity index (χ3n) is 3.68. The van der Waals surface area contributed by atoms with Crippen molar-refractivity contribution in [1.82, 2.24) is 9.80 Å². The fourth-order valence-electron chi connectivity index (χ4n) is 2.56. The molecule has 1 heterocycles. The molecule has 2 atom stereocenters. The predicted molar refractivity (Wildman–Crippen MR) is 76.7 cm³/mol. The van der Waals surface area contributed by atoms with Gasteiger partial charge in [-0.15, -0.1) is 0 Å². The number of β-amino-alcohol motifs (C(OH)–C–C–N with tert-alkyl or cyclic N) is 1. The monoisotopic (exact) mass is 292 g/mol. The number of nitrogens with zero attached hydrogens (tertiary/aromatic N) is 2. The summed E-state index contributed by atoms with van der Waals surface area (Å²) in [4.78, 5) is 26.6. The SMILES string of the molecule is CCN(Cc1ccccc1)C(=O)N1C[C@@H](O)C[C@H]1C(=O)O. The Morgan fingerprint density at radius 1 is 1.33 bits per heavy atom. The van der Waals surface area contributed by atoms with Crippen LogP contribution in [0.3, 0.4) is 0 Å². The van der Waals surface area contributed by atoms with Crippen LogP contribution in [-0.2, 0) is 11.3 Å². The molecule has 1 aliphatic heterocycles. The lowest BCUT2D eigenvalue weighted by atomic mass is 10.2. The average molecular weight is 292 g/mol. The summed E-state index contributed by atoms with van der Waals surface area (Å²) in [5.41, 5.74) is 0.985. The molecule has 1 aromatic carbocycles. The van der Waals surface area contributed by atoms with E-state index in [-0.39, 0.29) is 19.0 Å². The zero-order valence-electron chi connectivity index (χ0n) is 12.0. The van der Waals surface area contributed by atoms with Crippen molar-refractivity contribution < 1.29 is 19.8 Å². The molecule has 0 unspecified atom stereocenters. The van der Waals surface area contributed by atoms with Crippen molar-refractivity contribution in [1.29, 1.82) is 0 Å². The molecular weight excluding hydrogens is 272 g/mol. The van der Waals surface area contributed by atoms with Gasteiger partial charge < -0.3 is 20.0 Å². The van der Waals surface area contributed by atoms with E-state index in [1.165, 1.54) is 4.90 Å². The van der Waals surface area contributed by atoms with Gasteiger partial charge in [-0.2, -0.15) is 0 Å². The molecule has 1 saturated heterocycles. The highest BCUT2D eigenvalue weighted by atomic mass is 16.4. The number of hydrogen-bond donors (Lipinski definition) is 2. The Hall–Kier alpha value is -2.08. The molecule has 114 valence electrons. The van der Waals surface area contributed by atoms with Gasteiger partial charge in [0.25, 0.3) is 0 Å². The van der Waals surface area contributed by atoms with Crippen LogP contribution in [0.4, 0.5) is 4.79 Å². The van der Waals surface area contributed by atoms with Crippen molar-refractivity contribution >= 4 is 12.0 Å². The molecule has 0 aromatic heterocycles. The molecular formula is C15H20N2O4. The molecule has 2 rings (SSSR count). The van der Waals surface area contributed by atoms with Gasteiger partial charge in [-0.25, -0.2) is 9.59 Å². The van der Waals surface area contributed by atoms with E-state index in [4.69, 9.17) is 0 Å². The van der Waals surface area contributed by atoms with Crippen LogP contribution in [0.2, 0.25) is 0 Å². The number of carbonyl (C=O) groups is 2. The van der Waals surface area contributed by atoms with Crippen LogP contribution in [0.5, 0.6) is 0 Å². The third-order valence-corrected chi connectivity index (χ3v) is 3.68. The van der Waals surface area contributed by atoms with E-state index in [0.717, 1.165) is 5.56 Å². The summed E-state index contributed by atoms with van der Waals surface area (Å²) >= 11 is 0. The number of carbonyl (C=O) groups excluding carboxylic acids is 1. The van der Waals surface area contributed by atoms with Crippen LogP contribution in [0.25, 0.3) is 0 Å².